The van der Waals surface area contributed by atoms with Crippen molar-refractivity contribution < 1.29 is 28.6 Å². The molecule has 0 aliphatic carbocycles. The molecular formula is C72H140O6. The van der Waals surface area contributed by atoms with Crippen LogP contribution in [0.25, 0.3) is 0 Å². The molecule has 0 saturated heterocycles. The summed E-state index contributed by atoms with van der Waals surface area (Å²) < 4.78 is 17.0. The van der Waals surface area contributed by atoms with Gasteiger partial charge in [0.05, 0.1) is 0 Å². The molecular weight excluding hydrogens is 961 g/mol. The molecule has 0 N–H and O–H groups in total. The first-order chi connectivity index (χ1) is 38.5. The van der Waals surface area contributed by atoms with Crippen LogP contribution in [-0.2, 0) is 28.6 Å². The van der Waals surface area contributed by atoms with Gasteiger partial charge in [-0.05, 0) is 19.3 Å². The summed E-state index contributed by atoms with van der Waals surface area (Å²) in [6, 6.07) is 0. The van der Waals surface area contributed by atoms with Crippen LogP contribution in [0.3, 0.4) is 0 Å². The molecule has 0 aromatic rings. The van der Waals surface area contributed by atoms with Crippen molar-refractivity contribution in [2.75, 3.05) is 13.2 Å². The fourth-order valence-electron chi connectivity index (χ4n) is 11.5. The molecule has 6 nitrogen and oxygen atoms in total. The molecule has 1 unspecified atom stereocenters. The van der Waals surface area contributed by atoms with Crippen molar-refractivity contribution in [3.05, 3.63) is 0 Å². The summed E-state index contributed by atoms with van der Waals surface area (Å²) in [6.07, 6.45) is 80.1. The molecule has 0 amide bonds. The Hall–Kier alpha value is -1.59. The third-order valence-electron chi connectivity index (χ3n) is 16.9. The molecule has 0 bridgehead atoms. The number of esters is 3. The molecule has 0 fully saturated rings. The van der Waals surface area contributed by atoms with Crippen LogP contribution in [-0.4, -0.2) is 37.2 Å². The number of carbonyl (C=O) groups excluding carboxylic acids is 3. The minimum Gasteiger partial charge on any atom is -0.462 e. The number of hydrogen-bond acceptors (Lipinski definition) is 6. The van der Waals surface area contributed by atoms with E-state index in [4.69, 9.17) is 14.2 Å². The Bertz CT molecular complexity index is 1170. The van der Waals surface area contributed by atoms with E-state index in [2.05, 4.69) is 20.8 Å². The summed E-state index contributed by atoms with van der Waals surface area (Å²) >= 11 is 0. The van der Waals surface area contributed by atoms with Crippen molar-refractivity contribution in [3.8, 4) is 0 Å². The van der Waals surface area contributed by atoms with E-state index in [1.54, 1.807) is 0 Å². The average Bonchev–Trinajstić information content (AvgIpc) is 3.44. The average molecular weight is 1100 g/mol. The van der Waals surface area contributed by atoms with Crippen molar-refractivity contribution >= 4 is 17.9 Å². The monoisotopic (exact) mass is 1100 g/mol. The fraction of sp³-hybridized carbons (Fsp3) is 0.958. The normalized spacial score (nSPS) is 11.9. The van der Waals surface area contributed by atoms with Gasteiger partial charge >= 0.3 is 17.9 Å². The lowest BCUT2D eigenvalue weighted by atomic mass is 10.0. The van der Waals surface area contributed by atoms with Crippen LogP contribution in [0.2, 0.25) is 0 Å². The number of carbonyl (C=O) groups is 3. The van der Waals surface area contributed by atoms with Crippen molar-refractivity contribution in [1.29, 1.82) is 0 Å². The predicted octanol–water partition coefficient (Wildman–Crippen LogP) is 24.6. The molecule has 0 aliphatic rings. The quantitative estimate of drug-likeness (QED) is 0.0343. The summed E-state index contributed by atoms with van der Waals surface area (Å²) in [5.74, 6) is -0.823. The van der Waals surface area contributed by atoms with Gasteiger partial charge in [0.1, 0.15) is 13.2 Å². The lowest BCUT2D eigenvalue weighted by Crippen LogP contribution is -2.30. The van der Waals surface area contributed by atoms with E-state index < -0.39 is 6.10 Å². The van der Waals surface area contributed by atoms with E-state index >= 15 is 0 Å². The topological polar surface area (TPSA) is 78.9 Å². The highest BCUT2D eigenvalue weighted by molar-refractivity contribution is 5.71. The smallest absolute Gasteiger partial charge is 0.306 e. The molecule has 78 heavy (non-hydrogen) atoms. The lowest BCUT2D eigenvalue weighted by molar-refractivity contribution is -0.167. The first-order valence-electron chi connectivity index (χ1n) is 36.0. The summed E-state index contributed by atoms with van der Waals surface area (Å²) in [7, 11) is 0. The van der Waals surface area contributed by atoms with Gasteiger partial charge in [0.25, 0.3) is 0 Å². The lowest BCUT2D eigenvalue weighted by Gasteiger charge is -2.18. The highest BCUT2D eigenvalue weighted by Crippen LogP contribution is 2.20. The van der Waals surface area contributed by atoms with Crippen LogP contribution in [0.15, 0.2) is 0 Å². The van der Waals surface area contributed by atoms with Gasteiger partial charge in [-0.25, -0.2) is 0 Å². The maximum atomic E-state index is 12.9. The zero-order chi connectivity index (χ0) is 56.4. The highest BCUT2D eigenvalue weighted by atomic mass is 16.6. The molecule has 0 radical (unpaired) electrons. The van der Waals surface area contributed by atoms with E-state index in [-0.39, 0.29) is 31.1 Å². The Morgan fingerprint density at radius 2 is 0.346 bits per heavy atom. The standard InChI is InChI=1S/C72H140O6/c1-4-7-10-13-16-19-22-25-27-29-30-31-32-33-34-35-36-37-38-39-40-41-42-43-44-46-47-50-53-56-59-62-65-71(74)77-68-69(67-76-70(73)64-61-58-55-52-49-24-21-18-15-12-9-6-3)78-72(75)66-63-60-57-54-51-48-45-28-26-23-20-17-14-11-8-5-2/h69H,4-68H2,1-3H3. The Labute approximate surface area is 488 Å². The third-order valence-corrected chi connectivity index (χ3v) is 16.9. The summed E-state index contributed by atoms with van der Waals surface area (Å²) in [4.78, 5) is 38.3. The van der Waals surface area contributed by atoms with Gasteiger partial charge in [0.2, 0.25) is 0 Å². The molecule has 0 heterocycles. The van der Waals surface area contributed by atoms with Crippen LogP contribution in [0.1, 0.15) is 425 Å². The number of rotatable bonds is 68. The molecule has 464 valence electrons. The number of ether oxygens (including phenoxy) is 3. The summed E-state index contributed by atoms with van der Waals surface area (Å²) in [6.45, 7) is 6.73. The van der Waals surface area contributed by atoms with Gasteiger partial charge in [-0.3, -0.25) is 14.4 Å². The second kappa shape index (κ2) is 67.9. The molecule has 0 saturated carbocycles. The van der Waals surface area contributed by atoms with Crippen LogP contribution in [0.5, 0.6) is 0 Å². The van der Waals surface area contributed by atoms with E-state index in [0.717, 1.165) is 57.8 Å². The first kappa shape index (κ1) is 76.4. The van der Waals surface area contributed by atoms with Crippen molar-refractivity contribution in [3.63, 3.8) is 0 Å². The first-order valence-corrected chi connectivity index (χ1v) is 36.0. The van der Waals surface area contributed by atoms with Crippen molar-refractivity contribution in [2.45, 2.75) is 431 Å². The Balaban J connectivity index is 4.04. The zero-order valence-electron chi connectivity index (χ0n) is 53.5. The van der Waals surface area contributed by atoms with Gasteiger partial charge in [-0.15, -0.1) is 0 Å². The van der Waals surface area contributed by atoms with E-state index in [9.17, 15) is 14.4 Å². The highest BCUT2D eigenvalue weighted by Gasteiger charge is 2.20. The van der Waals surface area contributed by atoms with Crippen LogP contribution >= 0.6 is 0 Å². The molecule has 0 rings (SSSR count). The van der Waals surface area contributed by atoms with Gasteiger partial charge in [0, 0.05) is 19.3 Å². The summed E-state index contributed by atoms with van der Waals surface area (Å²) in [5.41, 5.74) is 0. The van der Waals surface area contributed by atoms with E-state index in [0.29, 0.717) is 19.3 Å². The Morgan fingerprint density at radius 3 is 0.513 bits per heavy atom. The van der Waals surface area contributed by atoms with Crippen LogP contribution in [0, 0.1) is 0 Å². The van der Waals surface area contributed by atoms with Crippen LogP contribution in [0.4, 0.5) is 0 Å². The fourth-order valence-corrected chi connectivity index (χ4v) is 11.5. The summed E-state index contributed by atoms with van der Waals surface area (Å²) in [5, 5.41) is 0. The molecule has 1 atom stereocenters. The van der Waals surface area contributed by atoms with Gasteiger partial charge < -0.3 is 14.2 Å². The van der Waals surface area contributed by atoms with E-state index in [1.807, 2.05) is 0 Å². The van der Waals surface area contributed by atoms with Crippen molar-refractivity contribution in [2.24, 2.45) is 0 Å². The van der Waals surface area contributed by atoms with Crippen molar-refractivity contribution in [1.82, 2.24) is 0 Å². The van der Waals surface area contributed by atoms with Gasteiger partial charge in [-0.1, -0.05) is 387 Å². The van der Waals surface area contributed by atoms with Gasteiger partial charge in [0.15, 0.2) is 6.10 Å². The Morgan fingerprint density at radius 1 is 0.205 bits per heavy atom. The zero-order valence-corrected chi connectivity index (χ0v) is 53.5. The maximum Gasteiger partial charge on any atom is 0.306 e. The molecule has 0 spiro atoms. The SMILES string of the molecule is CCCCCCCCCCCCCCCCCCCCCCCCCCCCCCCCCCC(=O)OCC(COC(=O)CCCCCCCCCCCCCC)OC(=O)CCCCCCCCCCCCCCCCCC. The second-order valence-corrected chi connectivity index (χ2v) is 24.9. The largest absolute Gasteiger partial charge is 0.462 e. The second-order valence-electron chi connectivity index (χ2n) is 24.9. The molecule has 6 heteroatoms. The molecule has 0 aromatic heterocycles. The van der Waals surface area contributed by atoms with E-state index in [1.165, 1.54) is 327 Å². The minimum absolute atomic E-state index is 0.0605. The van der Waals surface area contributed by atoms with Gasteiger partial charge in [-0.2, -0.15) is 0 Å². The third kappa shape index (κ3) is 65.2. The van der Waals surface area contributed by atoms with Crippen LogP contribution < -0.4 is 0 Å². The maximum absolute atomic E-state index is 12.9. The molecule has 0 aliphatic heterocycles. The minimum atomic E-state index is -0.762. The Kier molecular flexibility index (Phi) is 66.5. The number of unbranched alkanes of at least 4 members (excludes halogenated alkanes) is 57. The molecule has 0 aromatic carbocycles. The number of hydrogen-bond donors (Lipinski definition) is 0. The predicted molar refractivity (Wildman–Crippen MR) is 340 cm³/mol.